The third-order valence-electron chi connectivity index (χ3n) is 4.35. The van der Waals surface area contributed by atoms with Gasteiger partial charge in [0.2, 0.25) is 5.95 Å². The molecule has 1 unspecified atom stereocenters. The lowest BCUT2D eigenvalue weighted by atomic mass is 10.1. The van der Waals surface area contributed by atoms with E-state index in [0.717, 1.165) is 29.9 Å². The van der Waals surface area contributed by atoms with Crippen molar-refractivity contribution < 1.29 is 9.47 Å². The van der Waals surface area contributed by atoms with Crippen LogP contribution >= 0.6 is 0 Å². The highest BCUT2D eigenvalue weighted by Crippen LogP contribution is 2.31. The smallest absolute Gasteiger partial charge is 0.263 e. The van der Waals surface area contributed by atoms with Gasteiger partial charge in [-0.15, -0.1) is 0 Å². The topological polar surface area (TPSA) is 94.1 Å². The Labute approximate surface area is 163 Å². The van der Waals surface area contributed by atoms with Crippen LogP contribution in [0.2, 0.25) is 0 Å². The number of aromatic amines is 1. The van der Waals surface area contributed by atoms with E-state index < -0.39 is 0 Å². The van der Waals surface area contributed by atoms with Crippen LogP contribution in [0.25, 0.3) is 11.0 Å². The first-order valence-corrected chi connectivity index (χ1v) is 9.61. The maximum atomic E-state index is 12.2. The molecule has 0 saturated heterocycles. The fourth-order valence-corrected chi connectivity index (χ4v) is 2.84. The summed E-state index contributed by atoms with van der Waals surface area (Å²) >= 11 is 0. The zero-order valence-electron chi connectivity index (χ0n) is 16.8. The van der Waals surface area contributed by atoms with E-state index in [2.05, 4.69) is 34.2 Å². The Kier molecular flexibility index (Phi) is 6.18. The second-order valence-electron chi connectivity index (χ2n) is 6.69. The summed E-state index contributed by atoms with van der Waals surface area (Å²) in [5, 5.41) is 7.80. The average molecular weight is 385 g/mol. The third kappa shape index (κ3) is 4.27. The van der Waals surface area contributed by atoms with Gasteiger partial charge in [0.15, 0.2) is 17.1 Å². The number of aryl methyl sites for hydroxylation is 1. The Bertz CT molecular complexity index is 995. The number of fused-ring (bicyclic) bond motifs is 1. The largest absolute Gasteiger partial charge is 0.490 e. The molecule has 1 aromatic carbocycles. The SMILES string of the molecule is CCCOc1ccc(C(C)Nc2nc3c(cnn3C)c(=O)[nH]2)cc1OCCC. The predicted octanol–water partition coefficient (Wildman–Crippen LogP) is 3.41. The standard InChI is InChI=1S/C20H27N5O3/c1-5-9-27-16-8-7-14(11-17(16)28-10-6-2)13(3)22-20-23-18-15(19(26)24-20)12-21-25(18)4/h7-8,11-13H,5-6,9-10H2,1-4H3,(H2,22,23,24,26). The number of benzene rings is 1. The summed E-state index contributed by atoms with van der Waals surface area (Å²) in [4.78, 5) is 19.5. The highest BCUT2D eigenvalue weighted by Gasteiger charge is 2.14. The predicted molar refractivity (Wildman–Crippen MR) is 109 cm³/mol. The molecule has 2 heterocycles. The quantitative estimate of drug-likeness (QED) is 0.586. The van der Waals surface area contributed by atoms with E-state index in [1.54, 1.807) is 11.7 Å². The van der Waals surface area contributed by atoms with Crippen molar-refractivity contribution in [3.8, 4) is 11.5 Å². The first kappa shape index (κ1) is 19.7. The molecule has 0 saturated carbocycles. The minimum atomic E-state index is -0.219. The fourth-order valence-electron chi connectivity index (χ4n) is 2.84. The molecule has 0 aliphatic carbocycles. The van der Waals surface area contributed by atoms with Crippen molar-refractivity contribution in [1.82, 2.24) is 19.7 Å². The van der Waals surface area contributed by atoms with Gasteiger partial charge in [-0.25, -0.2) is 0 Å². The molecule has 8 nitrogen and oxygen atoms in total. The van der Waals surface area contributed by atoms with E-state index in [0.29, 0.717) is 30.2 Å². The van der Waals surface area contributed by atoms with Crippen LogP contribution in [-0.2, 0) is 7.05 Å². The monoisotopic (exact) mass is 385 g/mol. The highest BCUT2D eigenvalue weighted by molar-refractivity contribution is 5.74. The van der Waals surface area contributed by atoms with Gasteiger partial charge in [0, 0.05) is 7.05 Å². The second kappa shape index (κ2) is 8.77. The summed E-state index contributed by atoms with van der Waals surface area (Å²) in [6.45, 7) is 7.40. The number of rotatable bonds is 9. The average Bonchev–Trinajstić information content (AvgIpc) is 3.06. The summed E-state index contributed by atoms with van der Waals surface area (Å²) < 4.78 is 13.2. The van der Waals surface area contributed by atoms with Crippen molar-refractivity contribution in [2.45, 2.75) is 39.7 Å². The lowest BCUT2D eigenvalue weighted by molar-refractivity contribution is 0.268. The Morgan fingerprint density at radius 1 is 1.18 bits per heavy atom. The first-order chi connectivity index (χ1) is 13.5. The maximum absolute atomic E-state index is 12.2. The Morgan fingerprint density at radius 2 is 1.89 bits per heavy atom. The molecule has 0 aliphatic heterocycles. The van der Waals surface area contributed by atoms with Crippen molar-refractivity contribution in [1.29, 1.82) is 0 Å². The van der Waals surface area contributed by atoms with Gasteiger partial charge in [-0.2, -0.15) is 10.1 Å². The molecule has 2 N–H and O–H groups in total. The minimum Gasteiger partial charge on any atom is -0.490 e. The summed E-state index contributed by atoms with van der Waals surface area (Å²) in [6.07, 6.45) is 3.37. The van der Waals surface area contributed by atoms with Crippen molar-refractivity contribution in [3.63, 3.8) is 0 Å². The lowest BCUT2D eigenvalue weighted by Gasteiger charge is -2.18. The van der Waals surface area contributed by atoms with Gasteiger partial charge in [0.05, 0.1) is 25.5 Å². The van der Waals surface area contributed by atoms with Crippen LogP contribution in [0.4, 0.5) is 5.95 Å². The minimum absolute atomic E-state index is 0.0990. The van der Waals surface area contributed by atoms with E-state index in [1.807, 2.05) is 25.1 Å². The Balaban J connectivity index is 1.84. The van der Waals surface area contributed by atoms with Gasteiger partial charge in [0.25, 0.3) is 5.56 Å². The molecule has 1 atom stereocenters. The van der Waals surface area contributed by atoms with E-state index >= 15 is 0 Å². The highest BCUT2D eigenvalue weighted by atomic mass is 16.5. The van der Waals surface area contributed by atoms with E-state index in [1.165, 1.54) is 6.20 Å². The van der Waals surface area contributed by atoms with Crippen LogP contribution in [0.1, 0.15) is 45.2 Å². The number of anilines is 1. The summed E-state index contributed by atoms with van der Waals surface area (Å²) in [5.74, 6) is 1.87. The summed E-state index contributed by atoms with van der Waals surface area (Å²) in [6, 6.07) is 5.79. The number of hydrogen-bond acceptors (Lipinski definition) is 6. The van der Waals surface area contributed by atoms with Gasteiger partial charge >= 0.3 is 0 Å². The molecular weight excluding hydrogens is 358 g/mol. The van der Waals surface area contributed by atoms with Crippen LogP contribution in [0.15, 0.2) is 29.2 Å². The molecule has 3 rings (SSSR count). The van der Waals surface area contributed by atoms with Crippen LogP contribution in [-0.4, -0.2) is 33.0 Å². The first-order valence-electron chi connectivity index (χ1n) is 9.61. The number of H-pyrrole nitrogens is 1. The van der Waals surface area contributed by atoms with E-state index in [4.69, 9.17) is 9.47 Å². The van der Waals surface area contributed by atoms with Crippen LogP contribution in [0.5, 0.6) is 11.5 Å². The third-order valence-corrected chi connectivity index (χ3v) is 4.35. The molecule has 3 aromatic rings. The van der Waals surface area contributed by atoms with Crippen molar-refractivity contribution >= 4 is 17.0 Å². The number of hydrogen-bond donors (Lipinski definition) is 2. The second-order valence-corrected chi connectivity index (χ2v) is 6.69. The normalized spacial score (nSPS) is 12.1. The van der Waals surface area contributed by atoms with Gasteiger partial charge in [-0.1, -0.05) is 19.9 Å². The molecule has 0 spiro atoms. The molecular formula is C20H27N5O3. The van der Waals surface area contributed by atoms with Crippen molar-refractivity contribution in [3.05, 3.63) is 40.3 Å². The number of nitrogens with one attached hydrogen (secondary N) is 2. The molecule has 28 heavy (non-hydrogen) atoms. The zero-order valence-corrected chi connectivity index (χ0v) is 16.8. The number of ether oxygens (including phenoxy) is 2. The number of aromatic nitrogens is 4. The number of nitrogens with zero attached hydrogens (tertiary/aromatic N) is 3. The Hall–Kier alpha value is -3.03. The van der Waals surface area contributed by atoms with Crippen LogP contribution in [0.3, 0.4) is 0 Å². The Morgan fingerprint density at radius 3 is 2.61 bits per heavy atom. The summed E-state index contributed by atoms with van der Waals surface area (Å²) in [5.41, 5.74) is 1.32. The maximum Gasteiger partial charge on any atom is 0.263 e. The van der Waals surface area contributed by atoms with Gasteiger partial charge in [-0.05, 0) is 37.5 Å². The van der Waals surface area contributed by atoms with Gasteiger partial charge < -0.3 is 14.8 Å². The lowest BCUT2D eigenvalue weighted by Crippen LogP contribution is -2.16. The van der Waals surface area contributed by atoms with Crippen LogP contribution < -0.4 is 20.3 Å². The molecule has 0 fully saturated rings. The van der Waals surface area contributed by atoms with Gasteiger partial charge in [-0.3, -0.25) is 14.5 Å². The molecule has 8 heteroatoms. The van der Waals surface area contributed by atoms with E-state index in [9.17, 15) is 4.79 Å². The van der Waals surface area contributed by atoms with Gasteiger partial charge in [0.1, 0.15) is 5.39 Å². The molecule has 150 valence electrons. The summed E-state index contributed by atoms with van der Waals surface area (Å²) in [7, 11) is 1.76. The van der Waals surface area contributed by atoms with Crippen molar-refractivity contribution in [2.75, 3.05) is 18.5 Å². The molecule has 0 amide bonds. The van der Waals surface area contributed by atoms with E-state index in [-0.39, 0.29) is 11.6 Å². The molecule has 0 aliphatic rings. The zero-order chi connectivity index (χ0) is 20.1. The van der Waals surface area contributed by atoms with Crippen molar-refractivity contribution in [2.24, 2.45) is 7.05 Å². The van der Waals surface area contributed by atoms with Crippen LogP contribution in [0, 0.1) is 0 Å². The molecule has 0 bridgehead atoms. The molecule has 0 radical (unpaired) electrons. The molecule has 2 aromatic heterocycles. The fraction of sp³-hybridized carbons (Fsp3) is 0.450.